The standard InChI is InChI=1S/C11H11BrFNOS/c1-7(5-15)6-16-9-3-2-8(4-14)10(12)11(9)13/h2-3,7,15H,5-6H2,1H3. The maximum absolute atomic E-state index is 13.7. The zero-order valence-electron chi connectivity index (χ0n) is 8.70. The fourth-order valence-corrected chi connectivity index (χ4v) is 2.54. The molecule has 2 nitrogen and oxygen atoms in total. The van der Waals surface area contributed by atoms with E-state index in [0.29, 0.717) is 10.6 Å². The average molecular weight is 304 g/mol. The van der Waals surface area contributed by atoms with Crippen LogP contribution in [-0.2, 0) is 0 Å². The van der Waals surface area contributed by atoms with E-state index in [1.807, 2.05) is 13.0 Å². The number of halogens is 2. The van der Waals surface area contributed by atoms with E-state index in [2.05, 4.69) is 15.9 Å². The summed E-state index contributed by atoms with van der Waals surface area (Å²) in [6, 6.07) is 5.08. The SMILES string of the molecule is CC(CO)CSc1ccc(C#N)c(Br)c1F. The third-order valence-electron chi connectivity index (χ3n) is 2.00. The first kappa shape index (κ1) is 13.5. The van der Waals surface area contributed by atoms with E-state index in [1.54, 1.807) is 12.1 Å². The highest BCUT2D eigenvalue weighted by Gasteiger charge is 2.12. The third-order valence-corrected chi connectivity index (χ3v) is 4.14. The van der Waals surface area contributed by atoms with Crippen molar-refractivity contribution in [3.8, 4) is 6.07 Å². The summed E-state index contributed by atoms with van der Waals surface area (Å²) in [6.07, 6.45) is 0. The van der Waals surface area contributed by atoms with Crippen molar-refractivity contribution in [3.05, 3.63) is 28.0 Å². The number of aliphatic hydroxyl groups is 1. The molecule has 1 rings (SSSR count). The van der Waals surface area contributed by atoms with Crippen molar-refractivity contribution in [2.75, 3.05) is 12.4 Å². The lowest BCUT2D eigenvalue weighted by Gasteiger charge is -2.09. The lowest BCUT2D eigenvalue weighted by molar-refractivity contribution is 0.250. The van der Waals surface area contributed by atoms with Crippen molar-refractivity contribution in [2.24, 2.45) is 5.92 Å². The van der Waals surface area contributed by atoms with Gasteiger partial charge in [-0.3, -0.25) is 0 Å². The number of rotatable bonds is 4. The van der Waals surface area contributed by atoms with Crippen LogP contribution in [-0.4, -0.2) is 17.5 Å². The summed E-state index contributed by atoms with van der Waals surface area (Å²) in [5.74, 6) is 0.360. The minimum Gasteiger partial charge on any atom is -0.396 e. The van der Waals surface area contributed by atoms with E-state index < -0.39 is 5.82 Å². The Kier molecular flexibility index (Phi) is 5.26. The maximum Gasteiger partial charge on any atom is 0.152 e. The van der Waals surface area contributed by atoms with Crippen LogP contribution in [0.4, 0.5) is 4.39 Å². The van der Waals surface area contributed by atoms with Crippen LogP contribution in [0.3, 0.4) is 0 Å². The minimum atomic E-state index is -0.408. The molecule has 16 heavy (non-hydrogen) atoms. The number of nitriles is 1. The molecule has 0 spiro atoms. The molecule has 5 heteroatoms. The Morgan fingerprint density at radius 1 is 1.62 bits per heavy atom. The first-order valence-electron chi connectivity index (χ1n) is 4.72. The highest BCUT2D eigenvalue weighted by molar-refractivity contribution is 9.10. The topological polar surface area (TPSA) is 44.0 Å². The van der Waals surface area contributed by atoms with Crippen LogP contribution in [0.1, 0.15) is 12.5 Å². The van der Waals surface area contributed by atoms with Crippen LogP contribution in [0.15, 0.2) is 21.5 Å². The van der Waals surface area contributed by atoms with Crippen molar-refractivity contribution >= 4 is 27.7 Å². The molecule has 0 aliphatic heterocycles. The molecule has 0 aromatic heterocycles. The van der Waals surface area contributed by atoms with Crippen LogP contribution in [0, 0.1) is 23.1 Å². The van der Waals surface area contributed by atoms with Gasteiger partial charge in [0.2, 0.25) is 0 Å². The van der Waals surface area contributed by atoms with Crippen molar-refractivity contribution in [2.45, 2.75) is 11.8 Å². The Hall–Kier alpha value is -0.570. The van der Waals surface area contributed by atoms with Gasteiger partial charge in [-0.05, 0) is 34.0 Å². The molecule has 0 radical (unpaired) electrons. The summed E-state index contributed by atoms with van der Waals surface area (Å²) in [6.45, 7) is 1.98. The van der Waals surface area contributed by atoms with E-state index >= 15 is 0 Å². The summed E-state index contributed by atoms with van der Waals surface area (Å²) in [4.78, 5) is 0.492. The zero-order valence-corrected chi connectivity index (χ0v) is 11.1. The van der Waals surface area contributed by atoms with E-state index in [1.165, 1.54) is 11.8 Å². The highest BCUT2D eigenvalue weighted by Crippen LogP contribution is 2.30. The van der Waals surface area contributed by atoms with Crippen molar-refractivity contribution < 1.29 is 9.50 Å². The lowest BCUT2D eigenvalue weighted by Crippen LogP contribution is -2.03. The molecule has 0 fully saturated rings. The van der Waals surface area contributed by atoms with Crippen LogP contribution in [0.2, 0.25) is 0 Å². The molecule has 0 saturated carbocycles. The van der Waals surface area contributed by atoms with Gasteiger partial charge in [-0.1, -0.05) is 6.92 Å². The van der Waals surface area contributed by atoms with Gasteiger partial charge in [0.15, 0.2) is 5.82 Å². The first-order valence-corrected chi connectivity index (χ1v) is 6.49. The average Bonchev–Trinajstić information content (AvgIpc) is 2.30. The molecule has 0 heterocycles. The predicted octanol–water partition coefficient (Wildman–Crippen LogP) is 3.18. The Balaban J connectivity index is 2.84. The van der Waals surface area contributed by atoms with Gasteiger partial charge in [0.05, 0.1) is 10.0 Å². The van der Waals surface area contributed by atoms with E-state index in [4.69, 9.17) is 10.4 Å². The van der Waals surface area contributed by atoms with Crippen molar-refractivity contribution in [1.82, 2.24) is 0 Å². The largest absolute Gasteiger partial charge is 0.396 e. The molecule has 0 aliphatic carbocycles. The van der Waals surface area contributed by atoms with Crippen LogP contribution in [0.25, 0.3) is 0 Å². The van der Waals surface area contributed by atoms with Crippen LogP contribution < -0.4 is 0 Å². The number of hydrogen-bond donors (Lipinski definition) is 1. The van der Waals surface area contributed by atoms with E-state index in [0.717, 1.165) is 0 Å². The number of nitrogens with zero attached hydrogens (tertiary/aromatic N) is 1. The van der Waals surface area contributed by atoms with Crippen LogP contribution >= 0.6 is 27.7 Å². The molecule has 1 aromatic carbocycles. The normalized spacial score (nSPS) is 12.2. The number of aliphatic hydroxyl groups excluding tert-OH is 1. The second-order valence-corrected chi connectivity index (χ2v) is 5.30. The van der Waals surface area contributed by atoms with Crippen molar-refractivity contribution in [3.63, 3.8) is 0 Å². The van der Waals surface area contributed by atoms with Gasteiger partial charge in [0.1, 0.15) is 6.07 Å². The predicted molar refractivity (Wildman–Crippen MR) is 65.8 cm³/mol. The molecule has 1 N–H and O–H groups in total. The van der Waals surface area contributed by atoms with Gasteiger partial charge >= 0.3 is 0 Å². The first-order chi connectivity index (χ1) is 7.60. The quantitative estimate of drug-likeness (QED) is 0.869. The fraction of sp³-hybridized carbons (Fsp3) is 0.364. The summed E-state index contributed by atoms with van der Waals surface area (Å²) >= 11 is 4.39. The Morgan fingerprint density at radius 2 is 2.31 bits per heavy atom. The molecule has 86 valence electrons. The molecule has 0 bridgehead atoms. The van der Waals surface area contributed by atoms with Gasteiger partial charge in [-0.2, -0.15) is 5.26 Å². The molecular weight excluding hydrogens is 293 g/mol. The Labute approximate surface area is 107 Å². The molecular formula is C11H11BrFNOS. The summed E-state index contributed by atoms with van der Waals surface area (Å²) in [7, 11) is 0. The fourth-order valence-electron chi connectivity index (χ4n) is 1.01. The highest BCUT2D eigenvalue weighted by atomic mass is 79.9. The summed E-state index contributed by atoms with van der Waals surface area (Å²) < 4.78 is 13.9. The van der Waals surface area contributed by atoms with Crippen LogP contribution in [0.5, 0.6) is 0 Å². The van der Waals surface area contributed by atoms with Gasteiger partial charge < -0.3 is 5.11 Å². The zero-order chi connectivity index (χ0) is 12.1. The summed E-state index contributed by atoms with van der Waals surface area (Å²) in [5.41, 5.74) is 0.289. The Bertz CT molecular complexity index is 419. The van der Waals surface area contributed by atoms with Gasteiger partial charge in [0, 0.05) is 17.3 Å². The smallest absolute Gasteiger partial charge is 0.152 e. The molecule has 0 aliphatic rings. The molecule has 1 atom stereocenters. The number of benzene rings is 1. The summed E-state index contributed by atoms with van der Waals surface area (Å²) in [5, 5.41) is 17.6. The second kappa shape index (κ2) is 6.24. The van der Waals surface area contributed by atoms with E-state index in [-0.39, 0.29) is 22.6 Å². The second-order valence-electron chi connectivity index (χ2n) is 3.45. The third kappa shape index (κ3) is 3.21. The van der Waals surface area contributed by atoms with Gasteiger partial charge in [0.25, 0.3) is 0 Å². The van der Waals surface area contributed by atoms with Gasteiger partial charge in [-0.25, -0.2) is 4.39 Å². The molecule has 0 saturated heterocycles. The number of thioether (sulfide) groups is 1. The maximum atomic E-state index is 13.7. The molecule has 0 amide bonds. The van der Waals surface area contributed by atoms with Crippen molar-refractivity contribution in [1.29, 1.82) is 5.26 Å². The molecule has 1 unspecified atom stereocenters. The van der Waals surface area contributed by atoms with Gasteiger partial charge in [-0.15, -0.1) is 11.8 Å². The Morgan fingerprint density at radius 3 is 2.88 bits per heavy atom. The number of hydrogen-bond acceptors (Lipinski definition) is 3. The molecule has 1 aromatic rings. The lowest BCUT2D eigenvalue weighted by atomic mass is 10.2. The van der Waals surface area contributed by atoms with E-state index in [9.17, 15) is 4.39 Å². The monoisotopic (exact) mass is 303 g/mol. The minimum absolute atomic E-state index is 0.0894.